The van der Waals surface area contributed by atoms with Gasteiger partial charge in [-0.25, -0.2) is 9.97 Å². The molecule has 0 aliphatic carbocycles. The van der Waals surface area contributed by atoms with Gasteiger partial charge in [0.25, 0.3) is 5.91 Å². The van der Waals surface area contributed by atoms with Gasteiger partial charge in [0, 0.05) is 21.2 Å². The minimum absolute atomic E-state index is 0.344. The molecule has 124 valence electrons. The van der Waals surface area contributed by atoms with Gasteiger partial charge in [0.2, 0.25) is 0 Å². The maximum atomic E-state index is 11.8. The van der Waals surface area contributed by atoms with Gasteiger partial charge in [0.15, 0.2) is 0 Å². The Bertz CT molecular complexity index is 1020. The zero-order chi connectivity index (χ0) is 17.8. The third-order valence-corrected chi connectivity index (χ3v) is 4.05. The van der Waals surface area contributed by atoms with E-state index in [9.17, 15) is 4.79 Å². The second-order valence-electron chi connectivity index (χ2n) is 5.37. The van der Waals surface area contributed by atoms with E-state index < -0.39 is 0 Å². The minimum Gasteiger partial charge on any atom is -0.340 e. The first-order valence-corrected chi connectivity index (χ1v) is 8.38. The lowest BCUT2D eigenvalue weighted by molar-refractivity contribution is -0.111. The molecule has 3 aromatic rings. The van der Waals surface area contributed by atoms with Crippen molar-refractivity contribution in [1.29, 1.82) is 0 Å². The van der Waals surface area contributed by atoms with Crippen molar-refractivity contribution < 1.29 is 4.79 Å². The van der Waals surface area contributed by atoms with E-state index in [1.54, 1.807) is 6.92 Å². The quantitative estimate of drug-likeness (QED) is 0.645. The van der Waals surface area contributed by atoms with Crippen LogP contribution in [0.15, 0.2) is 47.2 Å². The molecule has 1 aromatic heterocycles. The van der Waals surface area contributed by atoms with E-state index in [1.807, 2.05) is 43.3 Å². The number of nitrogens with zero attached hydrogens (tertiary/aromatic N) is 2. The van der Waals surface area contributed by atoms with Crippen molar-refractivity contribution in [1.82, 2.24) is 9.97 Å². The Labute approximate surface area is 154 Å². The average molecular weight is 395 g/mol. The zero-order valence-corrected chi connectivity index (χ0v) is 15.3. The Morgan fingerprint density at radius 2 is 2.04 bits per heavy atom. The summed E-state index contributed by atoms with van der Waals surface area (Å²) in [6.45, 7) is 3.54. The van der Waals surface area contributed by atoms with Crippen LogP contribution in [-0.4, -0.2) is 15.9 Å². The predicted molar refractivity (Wildman–Crippen MR) is 104 cm³/mol. The molecule has 0 atom stereocenters. The largest absolute Gasteiger partial charge is 0.340 e. The molecule has 2 aromatic carbocycles. The number of benzene rings is 2. The van der Waals surface area contributed by atoms with E-state index in [1.165, 1.54) is 6.33 Å². The van der Waals surface area contributed by atoms with Crippen LogP contribution in [0.4, 0.5) is 17.2 Å². The molecule has 0 unspecified atom stereocenters. The molecule has 25 heavy (non-hydrogen) atoms. The Balaban J connectivity index is 2.03. The van der Waals surface area contributed by atoms with Crippen molar-refractivity contribution in [2.45, 2.75) is 13.8 Å². The lowest BCUT2D eigenvalue weighted by Crippen LogP contribution is -2.09. The van der Waals surface area contributed by atoms with Crippen molar-refractivity contribution in [3.05, 3.63) is 52.8 Å². The van der Waals surface area contributed by atoms with Crippen molar-refractivity contribution in [3.8, 4) is 11.8 Å². The molecule has 0 bridgehead atoms. The fourth-order valence-electron chi connectivity index (χ4n) is 2.41. The minimum atomic E-state index is -0.344. The molecule has 0 aliphatic heterocycles. The molecule has 0 spiro atoms. The number of nitrogens with one attached hydrogen (secondary N) is 2. The Hall–Kier alpha value is -2.91. The number of aromatic nitrogens is 2. The normalized spacial score (nSPS) is 10.0. The first-order chi connectivity index (χ1) is 12.1. The topological polar surface area (TPSA) is 66.9 Å². The van der Waals surface area contributed by atoms with Gasteiger partial charge >= 0.3 is 0 Å². The lowest BCUT2D eigenvalue weighted by Gasteiger charge is -2.12. The number of aryl methyl sites for hydroxylation is 1. The highest BCUT2D eigenvalue weighted by Gasteiger charge is 2.10. The smallest absolute Gasteiger partial charge is 0.300 e. The van der Waals surface area contributed by atoms with Crippen LogP contribution in [0, 0.1) is 18.8 Å². The third-order valence-electron chi connectivity index (χ3n) is 3.56. The van der Waals surface area contributed by atoms with Crippen LogP contribution >= 0.6 is 15.9 Å². The summed E-state index contributed by atoms with van der Waals surface area (Å²) in [6, 6.07) is 11.6. The summed E-state index contributed by atoms with van der Waals surface area (Å²) in [5.74, 6) is 5.39. The molecule has 6 heteroatoms. The highest BCUT2D eigenvalue weighted by atomic mass is 79.9. The maximum absolute atomic E-state index is 11.8. The van der Waals surface area contributed by atoms with Gasteiger partial charge in [-0.15, -0.1) is 0 Å². The van der Waals surface area contributed by atoms with E-state index in [4.69, 9.17) is 0 Å². The summed E-state index contributed by atoms with van der Waals surface area (Å²) in [5, 5.41) is 6.90. The summed E-state index contributed by atoms with van der Waals surface area (Å²) < 4.78 is 0.970. The Morgan fingerprint density at radius 3 is 2.80 bits per heavy atom. The van der Waals surface area contributed by atoms with Gasteiger partial charge in [-0.1, -0.05) is 27.9 Å². The number of halogens is 1. The highest BCUT2D eigenvalue weighted by molar-refractivity contribution is 9.10. The van der Waals surface area contributed by atoms with Gasteiger partial charge < -0.3 is 10.6 Å². The summed E-state index contributed by atoms with van der Waals surface area (Å²) in [6.07, 6.45) is 1.52. The molecular weight excluding hydrogens is 380 g/mol. The summed E-state index contributed by atoms with van der Waals surface area (Å²) in [7, 11) is 0. The van der Waals surface area contributed by atoms with Gasteiger partial charge in [0.05, 0.1) is 5.52 Å². The number of carbonyl (C=O) groups excluding carboxylic acids is 1. The molecule has 0 fully saturated rings. The molecular formula is C19H15BrN4O. The second-order valence-corrected chi connectivity index (χ2v) is 6.29. The fraction of sp³-hybridized carbons (Fsp3) is 0.105. The molecule has 1 amide bonds. The van der Waals surface area contributed by atoms with E-state index >= 15 is 0 Å². The number of hydrogen-bond acceptors (Lipinski definition) is 4. The number of rotatable bonds is 3. The molecule has 0 aliphatic rings. The number of anilines is 3. The van der Waals surface area contributed by atoms with E-state index in [-0.39, 0.29) is 5.91 Å². The second kappa shape index (κ2) is 7.32. The fourth-order valence-corrected chi connectivity index (χ4v) is 2.81. The predicted octanol–water partition coefficient (Wildman–Crippen LogP) is 4.41. The van der Waals surface area contributed by atoms with Crippen LogP contribution in [0.25, 0.3) is 10.9 Å². The van der Waals surface area contributed by atoms with Crippen LogP contribution in [0.2, 0.25) is 0 Å². The number of hydrogen-bond donors (Lipinski definition) is 2. The zero-order valence-electron chi connectivity index (χ0n) is 13.7. The molecule has 1 heterocycles. The molecule has 3 rings (SSSR count). The van der Waals surface area contributed by atoms with Gasteiger partial charge in [-0.3, -0.25) is 4.79 Å². The highest BCUT2D eigenvalue weighted by Crippen LogP contribution is 2.29. The summed E-state index contributed by atoms with van der Waals surface area (Å²) in [5.41, 5.74) is 3.29. The monoisotopic (exact) mass is 394 g/mol. The first kappa shape index (κ1) is 16.9. The van der Waals surface area contributed by atoms with Gasteiger partial charge in [0.1, 0.15) is 12.1 Å². The number of amides is 1. The Morgan fingerprint density at radius 1 is 1.20 bits per heavy atom. The van der Waals surface area contributed by atoms with Gasteiger partial charge in [-0.05, 0) is 55.7 Å². The van der Waals surface area contributed by atoms with E-state index in [2.05, 4.69) is 48.4 Å². The van der Waals surface area contributed by atoms with Crippen LogP contribution in [0.1, 0.15) is 12.5 Å². The number of fused-ring (bicyclic) bond motifs is 1. The Kier molecular flexibility index (Phi) is 4.96. The van der Waals surface area contributed by atoms with Crippen molar-refractivity contribution >= 4 is 49.9 Å². The van der Waals surface area contributed by atoms with Crippen LogP contribution in [-0.2, 0) is 4.79 Å². The molecule has 5 nitrogen and oxygen atoms in total. The summed E-state index contributed by atoms with van der Waals surface area (Å²) >= 11 is 3.46. The SMILES string of the molecule is CC#CC(=O)Nc1cc2c(Nc3cccc(Br)c3)ncnc2cc1C. The van der Waals surface area contributed by atoms with E-state index in [0.29, 0.717) is 11.5 Å². The molecule has 0 radical (unpaired) electrons. The van der Waals surface area contributed by atoms with Gasteiger partial charge in [-0.2, -0.15) is 0 Å². The lowest BCUT2D eigenvalue weighted by atomic mass is 10.1. The molecule has 0 saturated carbocycles. The first-order valence-electron chi connectivity index (χ1n) is 7.58. The van der Waals surface area contributed by atoms with Crippen molar-refractivity contribution in [3.63, 3.8) is 0 Å². The van der Waals surface area contributed by atoms with Crippen LogP contribution in [0.5, 0.6) is 0 Å². The molecule has 2 N–H and O–H groups in total. The molecule has 0 saturated heterocycles. The summed E-state index contributed by atoms with van der Waals surface area (Å²) in [4.78, 5) is 20.4. The van der Waals surface area contributed by atoms with Crippen LogP contribution < -0.4 is 10.6 Å². The number of carbonyl (C=O) groups is 1. The van der Waals surface area contributed by atoms with E-state index in [0.717, 1.165) is 26.6 Å². The maximum Gasteiger partial charge on any atom is 0.300 e. The third kappa shape index (κ3) is 3.95. The van der Waals surface area contributed by atoms with Crippen LogP contribution in [0.3, 0.4) is 0 Å². The van der Waals surface area contributed by atoms with Crippen molar-refractivity contribution in [2.75, 3.05) is 10.6 Å². The standard InChI is InChI=1S/C19H15BrN4O/c1-3-5-18(25)24-16-10-15-17(8-12(16)2)21-11-22-19(15)23-14-7-4-6-13(20)9-14/h4,6-11H,1-2H3,(H,24,25)(H,21,22,23). The average Bonchev–Trinajstić information content (AvgIpc) is 2.56. The van der Waals surface area contributed by atoms with Crippen molar-refractivity contribution in [2.24, 2.45) is 0 Å².